The first-order valence-corrected chi connectivity index (χ1v) is 6.76. The molecule has 0 saturated heterocycles. The molecule has 0 N–H and O–H groups in total. The van der Waals surface area contributed by atoms with E-state index in [-0.39, 0.29) is 0 Å². The van der Waals surface area contributed by atoms with Crippen LogP contribution in [0, 0.1) is 11.3 Å². The van der Waals surface area contributed by atoms with E-state index in [0.717, 1.165) is 11.8 Å². The summed E-state index contributed by atoms with van der Waals surface area (Å²) in [5.74, 6) is 1.78. The molecule has 16 heavy (non-hydrogen) atoms. The highest BCUT2D eigenvalue weighted by Gasteiger charge is 2.41. The van der Waals surface area contributed by atoms with E-state index in [1.807, 2.05) is 0 Å². The van der Waals surface area contributed by atoms with Gasteiger partial charge in [-0.1, -0.05) is 44.5 Å². The second-order valence-electron chi connectivity index (χ2n) is 6.33. The van der Waals surface area contributed by atoms with Crippen LogP contribution >= 0.6 is 0 Å². The number of benzene rings is 1. The normalized spacial score (nSPS) is 31.6. The highest BCUT2D eigenvalue weighted by Crippen LogP contribution is 2.53. The Bertz CT molecular complexity index is 389. The summed E-state index contributed by atoms with van der Waals surface area (Å²) >= 11 is 0. The Morgan fingerprint density at radius 1 is 1.12 bits per heavy atom. The van der Waals surface area contributed by atoms with Crippen molar-refractivity contribution in [3.05, 3.63) is 35.4 Å². The van der Waals surface area contributed by atoms with Gasteiger partial charge in [-0.15, -0.1) is 0 Å². The first-order chi connectivity index (χ1) is 7.68. The Morgan fingerprint density at radius 3 is 2.81 bits per heavy atom. The molecule has 1 fully saturated rings. The SMILES string of the molecule is CC1(C)CCCC2c3ccccc3CCC21. The lowest BCUT2D eigenvalue weighted by molar-refractivity contribution is 0.0972. The molecule has 1 aromatic rings. The van der Waals surface area contributed by atoms with Crippen LogP contribution in [0.4, 0.5) is 0 Å². The fourth-order valence-electron chi connectivity index (χ4n) is 4.11. The molecular weight excluding hydrogens is 192 g/mol. The van der Waals surface area contributed by atoms with Crippen molar-refractivity contribution < 1.29 is 0 Å². The lowest BCUT2D eigenvalue weighted by atomic mass is 9.57. The molecule has 0 bridgehead atoms. The highest BCUT2D eigenvalue weighted by atomic mass is 14.5. The molecule has 0 spiro atoms. The predicted molar refractivity (Wildman–Crippen MR) is 68.6 cm³/mol. The molecule has 2 unspecified atom stereocenters. The van der Waals surface area contributed by atoms with Crippen LogP contribution in [0.1, 0.15) is 56.6 Å². The van der Waals surface area contributed by atoms with Crippen LogP contribution in [0.25, 0.3) is 0 Å². The fraction of sp³-hybridized carbons (Fsp3) is 0.625. The smallest absolute Gasteiger partial charge is 0.0126 e. The largest absolute Gasteiger partial charge is 0.0620 e. The van der Waals surface area contributed by atoms with E-state index >= 15 is 0 Å². The summed E-state index contributed by atoms with van der Waals surface area (Å²) in [5, 5.41) is 0. The minimum absolute atomic E-state index is 0.566. The Hall–Kier alpha value is -0.780. The van der Waals surface area contributed by atoms with E-state index in [1.165, 1.54) is 32.1 Å². The third-order valence-electron chi connectivity index (χ3n) is 5.00. The van der Waals surface area contributed by atoms with Crippen LogP contribution in [0.3, 0.4) is 0 Å². The summed E-state index contributed by atoms with van der Waals surface area (Å²) in [6.45, 7) is 4.97. The lowest BCUT2D eigenvalue weighted by Gasteiger charge is -2.47. The minimum Gasteiger partial charge on any atom is -0.0620 e. The second kappa shape index (κ2) is 3.61. The maximum absolute atomic E-state index is 2.48. The maximum Gasteiger partial charge on any atom is -0.0126 e. The Balaban J connectivity index is 2.01. The van der Waals surface area contributed by atoms with Crippen LogP contribution in [-0.4, -0.2) is 0 Å². The van der Waals surface area contributed by atoms with Crippen molar-refractivity contribution in [1.29, 1.82) is 0 Å². The molecule has 0 radical (unpaired) electrons. The van der Waals surface area contributed by atoms with Crippen LogP contribution in [-0.2, 0) is 6.42 Å². The molecule has 0 nitrogen and oxygen atoms in total. The van der Waals surface area contributed by atoms with Gasteiger partial charge in [-0.05, 0) is 54.1 Å². The Labute approximate surface area is 99.1 Å². The van der Waals surface area contributed by atoms with Crippen LogP contribution in [0.15, 0.2) is 24.3 Å². The van der Waals surface area contributed by atoms with E-state index in [0.29, 0.717) is 5.41 Å². The van der Waals surface area contributed by atoms with Crippen LogP contribution in [0.2, 0.25) is 0 Å². The lowest BCUT2D eigenvalue weighted by Crippen LogP contribution is -2.36. The molecule has 0 amide bonds. The van der Waals surface area contributed by atoms with Gasteiger partial charge >= 0.3 is 0 Å². The van der Waals surface area contributed by atoms with Crippen molar-refractivity contribution in [1.82, 2.24) is 0 Å². The molecule has 0 aliphatic heterocycles. The van der Waals surface area contributed by atoms with Crippen molar-refractivity contribution in [2.45, 2.75) is 51.9 Å². The van der Waals surface area contributed by atoms with E-state index < -0.39 is 0 Å². The van der Waals surface area contributed by atoms with E-state index in [9.17, 15) is 0 Å². The van der Waals surface area contributed by atoms with E-state index in [1.54, 1.807) is 11.1 Å². The summed E-state index contributed by atoms with van der Waals surface area (Å²) in [4.78, 5) is 0. The second-order valence-corrected chi connectivity index (χ2v) is 6.33. The molecule has 2 aliphatic carbocycles. The molecule has 1 aromatic carbocycles. The molecule has 2 atom stereocenters. The summed E-state index contributed by atoms with van der Waals surface area (Å²) < 4.78 is 0. The molecule has 0 heterocycles. The highest BCUT2D eigenvalue weighted by molar-refractivity contribution is 5.34. The summed E-state index contributed by atoms with van der Waals surface area (Å²) in [7, 11) is 0. The summed E-state index contributed by atoms with van der Waals surface area (Å²) in [6.07, 6.45) is 6.99. The molecule has 1 saturated carbocycles. The number of fused-ring (bicyclic) bond motifs is 3. The third-order valence-corrected chi connectivity index (χ3v) is 5.00. The van der Waals surface area contributed by atoms with Gasteiger partial charge in [0.2, 0.25) is 0 Å². The molecular formula is C16H22. The zero-order valence-corrected chi connectivity index (χ0v) is 10.5. The summed E-state index contributed by atoms with van der Waals surface area (Å²) in [5.41, 5.74) is 3.86. The van der Waals surface area contributed by atoms with Gasteiger partial charge in [0, 0.05) is 0 Å². The van der Waals surface area contributed by atoms with Gasteiger partial charge < -0.3 is 0 Å². The van der Waals surface area contributed by atoms with Crippen molar-refractivity contribution in [2.75, 3.05) is 0 Å². The number of hydrogen-bond acceptors (Lipinski definition) is 0. The topological polar surface area (TPSA) is 0 Å². The van der Waals surface area contributed by atoms with Gasteiger partial charge in [0.1, 0.15) is 0 Å². The summed E-state index contributed by atoms with van der Waals surface area (Å²) in [6, 6.07) is 9.15. The number of hydrogen-bond donors (Lipinski definition) is 0. The minimum atomic E-state index is 0.566. The Morgan fingerprint density at radius 2 is 1.94 bits per heavy atom. The molecule has 2 aliphatic rings. The van der Waals surface area contributed by atoms with Crippen LogP contribution < -0.4 is 0 Å². The van der Waals surface area contributed by atoms with Crippen molar-refractivity contribution in [3.63, 3.8) is 0 Å². The zero-order valence-electron chi connectivity index (χ0n) is 10.5. The number of aryl methyl sites for hydroxylation is 1. The van der Waals surface area contributed by atoms with Crippen molar-refractivity contribution in [2.24, 2.45) is 11.3 Å². The van der Waals surface area contributed by atoms with Gasteiger partial charge in [0.05, 0.1) is 0 Å². The van der Waals surface area contributed by atoms with Crippen molar-refractivity contribution >= 4 is 0 Å². The monoisotopic (exact) mass is 214 g/mol. The van der Waals surface area contributed by atoms with Crippen LogP contribution in [0.5, 0.6) is 0 Å². The molecule has 3 rings (SSSR count). The Kier molecular flexibility index (Phi) is 2.34. The third kappa shape index (κ3) is 1.50. The van der Waals surface area contributed by atoms with Gasteiger partial charge in [-0.3, -0.25) is 0 Å². The average Bonchev–Trinajstić information content (AvgIpc) is 2.28. The van der Waals surface area contributed by atoms with Gasteiger partial charge in [0.15, 0.2) is 0 Å². The fourth-order valence-corrected chi connectivity index (χ4v) is 4.11. The number of rotatable bonds is 0. The van der Waals surface area contributed by atoms with Crippen molar-refractivity contribution in [3.8, 4) is 0 Å². The maximum atomic E-state index is 2.48. The van der Waals surface area contributed by atoms with E-state index in [2.05, 4.69) is 38.1 Å². The first-order valence-electron chi connectivity index (χ1n) is 6.76. The predicted octanol–water partition coefficient (Wildman–Crippen LogP) is 4.54. The first kappa shape index (κ1) is 10.4. The van der Waals surface area contributed by atoms with Gasteiger partial charge in [-0.2, -0.15) is 0 Å². The standard InChI is InChI=1S/C16H22/c1-16(2)11-5-8-14-13-7-4-3-6-12(13)9-10-15(14)16/h3-4,6-7,14-15H,5,8-11H2,1-2H3. The average molecular weight is 214 g/mol. The molecule has 0 aromatic heterocycles. The molecule has 86 valence electrons. The zero-order chi connectivity index (χ0) is 11.2. The van der Waals surface area contributed by atoms with Gasteiger partial charge in [-0.25, -0.2) is 0 Å². The van der Waals surface area contributed by atoms with Gasteiger partial charge in [0.25, 0.3) is 0 Å². The van der Waals surface area contributed by atoms with E-state index in [4.69, 9.17) is 0 Å². The molecule has 0 heteroatoms. The quantitative estimate of drug-likeness (QED) is 0.594.